The largest absolute Gasteiger partial charge is 0.353 e. The lowest BCUT2D eigenvalue weighted by Gasteiger charge is -2.25. The maximum atomic E-state index is 11.9. The van der Waals surface area contributed by atoms with Gasteiger partial charge in [-0.3, -0.25) is 19.0 Å². The molecule has 112 valence electrons. The van der Waals surface area contributed by atoms with Crippen LogP contribution in [-0.2, 0) is 23.7 Å². The SMILES string of the molecule is Cn1cc(/C=C\C(=O)N2CCNC(=O)C2)c(=O)n(C)c1=O. The summed E-state index contributed by atoms with van der Waals surface area (Å²) in [6.07, 6.45) is 3.97. The average molecular weight is 292 g/mol. The highest BCUT2D eigenvalue weighted by atomic mass is 16.2. The lowest BCUT2D eigenvalue weighted by molar-refractivity contribution is -0.134. The Kier molecular flexibility index (Phi) is 4.06. The number of aryl methyl sites for hydroxylation is 1. The van der Waals surface area contributed by atoms with Crippen molar-refractivity contribution in [3.8, 4) is 0 Å². The first kappa shape index (κ1) is 14.8. The molecule has 1 aliphatic rings. The number of nitrogens with one attached hydrogen (secondary N) is 1. The van der Waals surface area contributed by atoms with Crippen LogP contribution >= 0.6 is 0 Å². The molecular weight excluding hydrogens is 276 g/mol. The van der Waals surface area contributed by atoms with E-state index in [9.17, 15) is 19.2 Å². The van der Waals surface area contributed by atoms with Crippen molar-refractivity contribution in [3.63, 3.8) is 0 Å². The van der Waals surface area contributed by atoms with Gasteiger partial charge in [0.05, 0.1) is 12.1 Å². The second-order valence-electron chi connectivity index (χ2n) is 4.79. The summed E-state index contributed by atoms with van der Waals surface area (Å²) in [6.45, 7) is 0.856. The first-order valence-corrected chi connectivity index (χ1v) is 6.40. The van der Waals surface area contributed by atoms with Crippen molar-refractivity contribution in [1.29, 1.82) is 0 Å². The molecule has 0 aliphatic carbocycles. The second kappa shape index (κ2) is 5.78. The van der Waals surface area contributed by atoms with Crippen molar-refractivity contribution in [2.75, 3.05) is 19.6 Å². The molecule has 0 bridgehead atoms. The molecule has 0 unspecified atom stereocenters. The number of hydrogen-bond donors (Lipinski definition) is 1. The molecule has 2 rings (SSSR count). The summed E-state index contributed by atoms with van der Waals surface area (Å²) in [7, 11) is 2.90. The zero-order valence-corrected chi connectivity index (χ0v) is 11.8. The normalized spacial score (nSPS) is 15.3. The fourth-order valence-electron chi connectivity index (χ4n) is 2.04. The third kappa shape index (κ3) is 3.10. The number of carbonyl (C=O) groups is 2. The van der Waals surface area contributed by atoms with E-state index in [1.165, 1.54) is 41.9 Å². The van der Waals surface area contributed by atoms with Crippen LogP contribution in [0, 0.1) is 0 Å². The zero-order chi connectivity index (χ0) is 15.6. The van der Waals surface area contributed by atoms with Crippen LogP contribution in [0.3, 0.4) is 0 Å². The molecule has 0 saturated carbocycles. The third-order valence-electron chi connectivity index (χ3n) is 3.23. The number of rotatable bonds is 2. The van der Waals surface area contributed by atoms with Gasteiger partial charge in [0, 0.05) is 39.5 Å². The van der Waals surface area contributed by atoms with E-state index >= 15 is 0 Å². The minimum Gasteiger partial charge on any atom is -0.353 e. The van der Waals surface area contributed by atoms with Crippen LogP contribution in [0.1, 0.15) is 5.56 Å². The van der Waals surface area contributed by atoms with E-state index < -0.39 is 11.2 Å². The summed E-state index contributed by atoms with van der Waals surface area (Å²) in [4.78, 5) is 48.0. The molecule has 1 saturated heterocycles. The van der Waals surface area contributed by atoms with Gasteiger partial charge < -0.3 is 14.8 Å². The van der Waals surface area contributed by atoms with E-state index in [4.69, 9.17) is 0 Å². The van der Waals surface area contributed by atoms with Gasteiger partial charge in [0.2, 0.25) is 11.8 Å². The Balaban J connectivity index is 2.22. The standard InChI is InChI=1S/C13H16N4O4/c1-15-7-9(12(20)16(2)13(15)21)3-4-11(19)17-6-5-14-10(18)8-17/h3-4,7H,5-6,8H2,1-2H3,(H,14,18)/b4-3-. The quantitative estimate of drug-likeness (QED) is 0.642. The van der Waals surface area contributed by atoms with Crippen molar-refractivity contribution < 1.29 is 9.59 Å². The van der Waals surface area contributed by atoms with Crippen LogP contribution in [0.25, 0.3) is 6.08 Å². The highest BCUT2D eigenvalue weighted by Crippen LogP contribution is 1.99. The molecule has 1 aliphatic heterocycles. The molecular formula is C13H16N4O4. The monoisotopic (exact) mass is 292 g/mol. The molecule has 2 amide bonds. The topological polar surface area (TPSA) is 93.4 Å². The number of hydrogen-bond acceptors (Lipinski definition) is 4. The highest BCUT2D eigenvalue weighted by Gasteiger charge is 2.19. The molecule has 21 heavy (non-hydrogen) atoms. The molecule has 0 spiro atoms. The number of amides is 2. The third-order valence-corrected chi connectivity index (χ3v) is 3.23. The fourth-order valence-corrected chi connectivity index (χ4v) is 2.04. The van der Waals surface area contributed by atoms with Gasteiger partial charge in [-0.2, -0.15) is 0 Å². The van der Waals surface area contributed by atoms with Crippen LogP contribution in [-0.4, -0.2) is 45.5 Å². The van der Waals surface area contributed by atoms with E-state index in [1.54, 1.807) is 0 Å². The van der Waals surface area contributed by atoms with Gasteiger partial charge in [0.25, 0.3) is 5.56 Å². The van der Waals surface area contributed by atoms with Crippen molar-refractivity contribution in [3.05, 3.63) is 38.7 Å². The molecule has 1 aromatic rings. The van der Waals surface area contributed by atoms with E-state index in [-0.39, 0.29) is 23.9 Å². The van der Waals surface area contributed by atoms with Gasteiger partial charge in [0.1, 0.15) is 0 Å². The van der Waals surface area contributed by atoms with Crippen LogP contribution in [0.5, 0.6) is 0 Å². The van der Waals surface area contributed by atoms with E-state index in [0.717, 1.165) is 4.57 Å². The summed E-state index contributed by atoms with van der Waals surface area (Å²) in [5.41, 5.74) is -0.677. The Labute approximate surface area is 120 Å². The Bertz CT molecular complexity index is 729. The van der Waals surface area contributed by atoms with Gasteiger partial charge in [0.15, 0.2) is 0 Å². The number of nitrogens with zero attached hydrogens (tertiary/aromatic N) is 3. The van der Waals surface area contributed by atoms with Gasteiger partial charge >= 0.3 is 5.69 Å². The maximum absolute atomic E-state index is 11.9. The first-order chi connectivity index (χ1) is 9.90. The van der Waals surface area contributed by atoms with Crippen molar-refractivity contribution in [2.24, 2.45) is 14.1 Å². The predicted octanol–water partition coefficient (Wildman–Crippen LogP) is -1.94. The van der Waals surface area contributed by atoms with Crippen molar-refractivity contribution in [1.82, 2.24) is 19.4 Å². The van der Waals surface area contributed by atoms with Gasteiger partial charge in [-0.15, -0.1) is 0 Å². The number of aromatic nitrogens is 2. The van der Waals surface area contributed by atoms with Gasteiger partial charge in [-0.1, -0.05) is 0 Å². The predicted molar refractivity (Wildman–Crippen MR) is 75.5 cm³/mol. The van der Waals surface area contributed by atoms with Gasteiger partial charge in [-0.25, -0.2) is 4.79 Å². The first-order valence-electron chi connectivity index (χ1n) is 6.40. The summed E-state index contributed by atoms with van der Waals surface area (Å²) in [5.74, 6) is -0.554. The summed E-state index contributed by atoms with van der Waals surface area (Å²) < 4.78 is 2.23. The summed E-state index contributed by atoms with van der Waals surface area (Å²) in [6, 6.07) is 0. The Hall–Kier alpha value is -2.64. The van der Waals surface area contributed by atoms with E-state index in [0.29, 0.717) is 13.1 Å². The minimum atomic E-state index is -0.474. The zero-order valence-electron chi connectivity index (χ0n) is 11.8. The highest BCUT2D eigenvalue weighted by molar-refractivity contribution is 5.94. The average Bonchev–Trinajstić information content (AvgIpc) is 2.47. The lowest BCUT2D eigenvalue weighted by atomic mass is 10.2. The lowest BCUT2D eigenvalue weighted by Crippen LogP contribution is -2.49. The Morgan fingerprint density at radius 1 is 1.29 bits per heavy atom. The molecule has 8 heteroatoms. The second-order valence-corrected chi connectivity index (χ2v) is 4.79. The smallest absolute Gasteiger partial charge is 0.330 e. The van der Waals surface area contributed by atoms with Crippen molar-refractivity contribution >= 4 is 17.9 Å². The Morgan fingerprint density at radius 3 is 2.67 bits per heavy atom. The van der Waals surface area contributed by atoms with Crippen LogP contribution in [0.15, 0.2) is 21.9 Å². The molecule has 1 aromatic heterocycles. The number of piperazine rings is 1. The molecule has 0 radical (unpaired) electrons. The number of carbonyl (C=O) groups excluding carboxylic acids is 2. The molecule has 2 heterocycles. The molecule has 1 N–H and O–H groups in total. The minimum absolute atomic E-state index is 0.00839. The Morgan fingerprint density at radius 2 is 2.00 bits per heavy atom. The summed E-state index contributed by atoms with van der Waals surface area (Å²) in [5, 5.41) is 2.62. The molecule has 8 nitrogen and oxygen atoms in total. The van der Waals surface area contributed by atoms with Crippen LogP contribution < -0.4 is 16.6 Å². The van der Waals surface area contributed by atoms with Crippen molar-refractivity contribution in [2.45, 2.75) is 0 Å². The molecule has 0 atom stereocenters. The van der Waals surface area contributed by atoms with Crippen LogP contribution in [0.4, 0.5) is 0 Å². The van der Waals surface area contributed by atoms with E-state index in [2.05, 4.69) is 5.32 Å². The van der Waals surface area contributed by atoms with Gasteiger partial charge in [-0.05, 0) is 6.08 Å². The van der Waals surface area contributed by atoms with Crippen LogP contribution in [0.2, 0.25) is 0 Å². The van der Waals surface area contributed by atoms with E-state index in [1.807, 2.05) is 0 Å². The summed E-state index contributed by atoms with van der Waals surface area (Å²) >= 11 is 0. The molecule has 0 aromatic carbocycles. The molecule has 1 fully saturated rings. The maximum Gasteiger partial charge on any atom is 0.330 e. The fraction of sp³-hybridized carbons (Fsp3) is 0.385.